The predicted octanol–water partition coefficient (Wildman–Crippen LogP) is 1.90. The van der Waals surface area contributed by atoms with E-state index in [1.54, 1.807) is 23.9 Å². The van der Waals surface area contributed by atoms with Crippen molar-refractivity contribution in [2.75, 3.05) is 12.4 Å². The Hall–Kier alpha value is -1.49. The summed E-state index contributed by atoms with van der Waals surface area (Å²) in [6, 6.07) is 9.14. The molecule has 0 saturated carbocycles. The first-order valence-electron chi connectivity index (χ1n) is 4.49. The van der Waals surface area contributed by atoms with E-state index in [-0.39, 0.29) is 6.61 Å². The first-order valence-corrected chi connectivity index (χ1v) is 5.48. The standard InChI is InChI=1S/C11H10N2OS/c12-7-9-2-3-11(6-10(9)8-13)15-5-1-4-14/h2-3,6,14H,1,4-5H2. The average molecular weight is 218 g/mol. The second-order valence-electron chi connectivity index (χ2n) is 2.86. The maximum atomic E-state index is 8.80. The summed E-state index contributed by atoms with van der Waals surface area (Å²) in [5, 5.41) is 26.1. The predicted molar refractivity (Wildman–Crippen MR) is 58.3 cm³/mol. The van der Waals surface area contributed by atoms with Crippen LogP contribution in [0, 0.1) is 22.7 Å². The van der Waals surface area contributed by atoms with Crippen molar-refractivity contribution in [3.63, 3.8) is 0 Å². The third-order valence-electron chi connectivity index (χ3n) is 1.80. The average Bonchev–Trinajstić information content (AvgIpc) is 2.29. The highest BCUT2D eigenvalue weighted by atomic mass is 32.2. The molecule has 0 atom stereocenters. The van der Waals surface area contributed by atoms with E-state index >= 15 is 0 Å². The zero-order chi connectivity index (χ0) is 11.1. The number of aliphatic hydroxyl groups excluding tert-OH is 1. The molecule has 0 aliphatic carbocycles. The fourth-order valence-electron chi connectivity index (χ4n) is 1.06. The van der Waals surface area contributed by atoms with Crippen LogP contribution in [0.1, 0.15) is 17.5 Å². The first kappa shape index (κ1) is 11.6. The van der Waals surface area contributed by atoms with Crippen LogP contribution >= 0.6 is 11.8 Å². The fourth-order valence-corrected chi connectivity index (χ4v) is 1.93. The molecule has 15 heavy (non-hydrogen) atoms. The van der Waals surface area contributed by atoms with Gasteiger partial charge in [0.25, 0.3) is 0 Å². The molecule has 1 rings (SSSR count). The number of benzene rings is 1. The number of nitriles is 2. The van der Waals surface area contributed by atoms with Gasteiger partial charge in [-0.3, -0.25) is 0 Å². The van der Waals surface area contributed by atoms with Gasteiger partial charge in [0.2, 0.25) is 0 Å². The largest absolute Gasteiger partial charge is 0.396 e. The maximum Gasteiger partial charge on any atom is 0.101 e. The molecular formula is C11H10N2OS. The van der Waals surface area contributed by atoms with E-state index in [2.05, 4.69) is 0 Å². The van der Waals surface area contributed by atoms with E-state index in [4.69, 9.17) is 15.6 Å². The zero-order valence-electron chi connectivity index (χ0n) is 8.10. The fraction of sp³-hybridized carbons (Fsp3) is 0.273. The molecule has 0 aromatic heterocycles. The minimum absolute atomic E-state index is 0.175. The summed E-state index contributed by atoms with van der Waals surface area (Å²) in [6.45, 7) is 0.175. The molecule has 4 heteroatoms. The van der Waals surface area contributed by atoms with Crippen LogP contribution in [0.2, 0.25) is 0 Å². The smallest absolute Gasteiger partial charge is 0.101 e. The van der Waals surface area contributed by atoms with Gasteiger partial charge >= 0.3 is 0 Å². The minimum atomic E-state index is 0.175. The second-order valence-corrected chi connectivity index (χ2v) is 4.02. The Balaban J connectivity index is 2.77. The Morgan fingerprint density at radius 2 is 1.93 bits per heavy atom. The Morgan fingerprint density at radius 3 is 2.53 bits per heavy atom. The van der Waals surface area contributed by atoms with Crippen LogP contribution in [0.4, 0.5) is 0 Å². The molecule has 0 aliphatic rings. The van der Waals surface area contributed by atoms with Gasteiger partial charge in [-0.15, -0.1) is 11.8 Å². The van der Waals surface area contributed by atoms with E-state index in [1.165, 1.54) is 0 Å². The van der Waals surface area contributed by atoms with Gasteiger partial charge in [0.15, 0.2) is 0 Å². The Labute approximate surface area is 93.0 Å². The summed E-state index contributed by atoms with van der Waals surface area (Å²) in [7, 11) is 0. The quantitative estimate of drug-likeness (QED) is 0.619. The van der Waals surface area contributed by atoms with Gasteiger partial charge in [0, 0.05) is 17.3 Å². The van der Waals surface area contributed by atoms with Gasteiger partial charge in [0.1, 0.15) is 12.1 Å². The minimum Gasteiger partial charge on any atom is -0.396 e. The van der Waals surface area contributed by atoms with Crippen LogP contribution in [-0.2, 0) is 0 Å². The van der Waals surface area contributed by atoms with Gasteiger partial charge in [-0.25, -0.2) is 0 Å². The topological polar surface area (TPSA) is 67.8 Å². The Morgan fingerprint density at radius 1 is 1.20 bits per heavy atom. The Kier molecular flexibility index (Phi) is 4.70. The summed E-state index contributed by atoms with van der Waals surface area (Å²) in [5.41, 5.74) is 0.815. The molecule has 0 amide bonds. The van der Waals surface area contributed by atoms with E-state index in [0.29, 0.717) is 11.1 Å². The van der Waals surface area contributed by atoms with Crippen molar-refractivity contribution in [2.45, 2.75) is 11.3 Å². The Bertz CT molecular complexity index is 418. The van der Waals surface area contributed by atoms with Crippen molar-refractivity contribution in [1.29, 1.82) is 10.5 Å². The molecular weight excluding hydrogens is 208 g/mol. The number of hydrogen-bond acceptors (Lipinski definition) is 4. The van der Waals surface area contributed by atoms with Crippen LogP contribution in [0.3, 0.4) is 0 Å². The summed E-state index contributed by atoms with van der Waals surface area (Å²) in [5.74, 6) is 0.813. The van der Waals surface area contributed by atoms with Crippen molar-refractivity contribution in [2.24, 2.45) is 0 Å². The van der Waals surface area contributed by atoms with Crippen LogP contribution in [0.15, 0.2) is 23.1 Å². The molecule has 0 spiro atoms. The third-order valence-corrected chi connectivity index (χ3v) is 2.88. The first-order chi connectivity index (χ1) is 7.31. The van der Waals surface area contributed by atoms with Gasteiger partial charge in [-0.1, -0.05) is 0 Å². The van der Waals surface area contributed by atoms with Crippen LogP contribution in [-0.4, -0.2) is 17.5 Å². The van der Waals surface area contributed by atoms with E-state index in [1.807, 2.05) is 18.2 Å². The van der Waals surface area contributed by atoms with Gasteiger partial charge in [-0.2, -0.15) is 10.5 Å². The lowest BCUT2D eigenvalue weighted by Crippen LogP contribution is -1.87. The molecule has 0 radical (unpaired) electrons. The van der Waals surface area contributed by atoms with Gasteiger partial charge in [0.05, 0.1) is 11.1 Å². The molecule has 0 unspecified atom stereocenters. The molecule has 1 aromatic carbocycles. The molecule has 0 saturated heterocycles. The van der Waals surface area contributed by atoms with Gasteiger partial charge < -0.3 is 5.11 Å². The number of hydrogen-bond donors (Lipinski definition) is 1. The van der Waals surface area contributed by atoms with E-state index in [9.17, 15) is 0 Å². The molecule has 0 heterocycles. The number of aliphatic hydroxyl groups is 1. The summed E-state index contributed by atoms with van der Waals surface area (Å²) >= 11 is 1.57. The normalized spacial score (nSPS) is 9.27. The van der Waals surface area contributed by atoms with Crippen molar-refractivity contribution >= 4 is 11.8 Å². The summed E-state index contributed by atoms with van der Waals surface area (Å²) in [6.07, 6.45) is 0.729. The van der Waals surface area contributed by atoms with E-state index < -0.39 is 0 Å². The molecule has 0 bridgehead atoms. The summed E-state index contributed by atoms with van der Waals surface area (Å²) in [4.78, 5) is 0.957. The van der Waals surface area contributed by atoms with Crippen LogP contribution in [0.25, 0.3) is 0 Å². The van der Waals surface area contributed by atoms with Crippen molar-refractivity contribution in [1.82, 2.24) is 0 Å². The highest BCUT2D eigenvalue weighted by Crippen LogP contribution is 2.21. The van der Waals surface area contributed by atoms with Crippen molar-refractivity contribution < 1.29 is 5.11 Å². The monoisotopic (exact) mass is 218 g/mol. The van der Waals surface area contributed by atoms with Crippen LogP contribution in [0.5, 0.6) is 0 Å². The number of nitrogens with zero attached hydrogens (tertiary/aromatic N) is 2. The number of rotatable bonds is 4. The third kappa shape index (κ3) is 3.28. The highest BCUT2D eigenvalue weighted by molar-refractivity contribution is 7.99. The van der Waals surface area contributed by atoms with E-state index in [0.717, 1.165) is 17.1 Å². The zero-order valence-corrected chi connectivity index (χ0v) is 8.92. The lowest BCUT2D eigenvalue weighted by Gasteiger charge is -2.01. The molecule has 0 fully saturated rings. The van der Waals surface area contributed by atoms with Crippen molar-refractivity contribution in [3.05, 3.63) is 29.3 Å². The maximum absolute atomic E-state index is 8.80. The van der Waals surface area contributed by atoms with Crippen molar-refractivity contribution in [3.8, 4) is 12.1 Å². The highest BCUT2D eigenvalue weighted by Gasteiger charge is 2.02. The second kappa shape index (κ2) is 6.08. The molecule has 0 aliphatic heterocycles. The van der Waals surface area contributed by atoms with Gasteiger partial charge in [-0.05, 0) is 24.6 Å². The lowest BCUT2D eigenvalue weighted by molar-refractivity contribution is 0.296. The van der Waals surface area contributed by atoms with Crippen LogP contribution < -0.4 is 0 Å². The number of thioether (sulfide) groups is 1. The SMILES string of the molecule is N#Cc1ccc(SCCCO)cc1C#N. The molecule has 1 N–H and O–H groups in total. The molecule has 76 valence electrons. The molecule has 1 aromatic rings. The molecule has 3 nitrogen and oxygen atoms in total. The lowest BCUT2D eigenvalue weighted by atomic mass is 10.1. The summed E-state index contributed by atoms with van der Waals surface area (Å²) < 4.78 is 0.